The Morgan fingerprint density at radius 1 is 1.20 bits per heavy atom. The van der Waals surface area contributed by atoms with Gasteiger partial charge in [-0.2, -0.15) is 15.0 Å². The molecule has 0 saturated carbocycles. The summed E-state index contributed by atoms with van der Waals surface area (Å²) in [6.07, 6.45) is 2.30. The van der Waals surface area contributed by atoms with E-state index in [4.69, 9.17) is 5.84 Å². The second-order valence-corrected chi connectivity index (χ2v) is 5.80. The standard InChI is InChI=1S/C12H23N7O/c1-12(2,8-20)7-14-9-15-10(18-13)17-11(16-9)19-5-3-4-6-19/h20H,3-8,13H2,1-2H3,(H2,14,15,16,17,18). The Balaban J connectivity index is 2.13. The number of rotatable bonds is 6. The highest BCUT2D eigenvalue weighted by molar-refractivity contribution is 5.43. The van der Waals surface area contributed by atoms with E-state index in [-0.39, 0.29) is 12.0 Å². The number of nitrogens with two attached hydrogens (primary N) is 1. The quantitative estimate of drug-likeness (QED) is 0.432. The molecule has 5 N–H and O–H groups in total. The van der Waals surface area contributed by atoms with Gasteiger partial charge in [-0.1, -0.05) is 13.8 Å². The Labute approximate surface area is 118 Å². The Kier molecular flexibility index (Phi) is 4.56. The summed E-state index contributed by atoms with van der Waals surface area (Å²) in [5.41, 5.74) is 2.22. The second kappa shape index (κ2) is 6.19. The third-order valence-corrected chi connectivity index (χ3v) is 3.29. The number of anilines is 3. The molecule has 2 rings (SSSR count). The molecule has 1 saturated heterocycles. The van der Waals surface area contributed by atoms with Gasteiger partial charge in [0.2, 0.25) is 17.8 Å². The van der Waals surface area contributed by atoms with Gasteiger partial charge in [0, 0.05) is 31.7 Å². The van der Waals surface area contributed by atoms with Crippen LogP contribution in [0.3, 0.4) is 0 Å². The van der Waals surface area contributed by atoms with Gasteiger partial charge in [-0.15, -0.1) is 0 Å². The highest BCUT2D eigenvalue weighted by atomic mass is 16.3. The first-order valence-electron chi connectivity index (χ1n) is 6.86. The normalized spacial score (nSPS) is 15.5. The van der Waals surface area contributed by atoms with E-state index in [0.717, 1.165) is 25.9 Å². The fourth-order valence-electron chi connectivity index (χ4n) is 1.94. The van der Waals surface area contributed by atoms with Crippen molar-refractivity contribution in [2.75, 3.05) is 41.9 Å². The van der Waals surface area contributed by atoms with E-state index in [2.05, 4.69) is 30.6 Å². The van der Waals surface area contributed by atoms with Gasteiger partial charge < -0.3 is 15.3 Å². The fraction of sp³-hybridized carbons (Fsp3) is 0.750. The van der Waals surface area contributed by atoms with E-state index in [1.807, 2.05) is 13.8 Å². The van der Waals surface area contributed by atoms with Gasteiger partial charge in [0.15, 0.2) is 0 Å². The van der Waals surface area contributed by atoms with Crippen LogP contribution in [0.2, 0.25) is 0 Å². The predicted molar refractivity (Wildman–Crippen MR) is 78.4 cm³/mol. The van der Waals surface area contributed by atoms with E-state index in [9.17, 15) is 5.11 Å². The van der Waals surface area contributed by atoms with E-state index in [0.29, 0.717) is 24.4 Å². The number of aliphatic hydroxyl groups is 1. The van der Waals surface area contributed by atoms with Crippen LogP contribution in [0.1, 0.15) is 26.7 Å². The van der Waals surface area contributed by atoms with Crippen LogP contribution in [0, 0.1) is 5.41 Å². The minimum atomic E-state index is -0.239. The molecule has 0 aliphatic carbocycles. The molecule has 0 spiro atoms. The molecule has 0 radical (unpaired) electrons. The number of nitrogens with zero attached hydrogens (tertiary/aromatic N) is 4. The monoisotopic (exact) mass is 281 g/mol. The molecule has 8 nitrogen and oxygen atoms in total. The molecule has 1 fully saturated rings. The minimum Gasteiger partial charge on any atom is -0.396 e. The van der Waals surface area contributed by atoms with Crippen molar-refractivity contribution >= 4 is 17.8 Å². The maximum absolute atomic E-state index is 9.27. The summed E-state index contributed by atoms with van der Waals surface area (Å²) in [4.78, 5) is 15.0. The van der Waals surface area contributed by atoms with Crippen molar-refractivity contribution in [2.45, 2.75) is 26.7 Å². The Hall–Kier alpha value is -1.67. The Morgan fingerprint density at radius 3 is 2.45 bits per heavy atom. The lowest BCUT2D eigenvalue weighted by Gasteiger charge is -2.22. The van der Waals surface area contributed by atoms with Crippen LogP contribution in [0.4, 0.5) is 17.8 Å². The summed E-state index contributed by atoms with van der Waals surface area (Å²) in [7, 11) is 0. The molecule has 1 aliphatic rings. The van der Waals surface area contributed by atoms with Crippen molar-refractivity contribution < 1.29 is 5.11 Å². The molecule has 0 amide bonds. The molecule has 0 unspecified atom stereocenters. The van der Waals surface area contributed by atoms with Crippen LogP contribution >= 0.6 is 0 Å². The first-order valence-corrected chi connectivity index (χ1v) is 6.86. The third-order valence-electron chi connectivity index (χ3n) is 3.29. The highest BCUT2D eigenvalue weighted by Gasteiger charge is 2.19. The topological polar surface area (TPSA) is 112 Å². The lowest BCUT2D eigenvalue weighted by molar-refractivity contribution is 0.170. The van der Waals surface area contributed by atoms with E-state index < -0.39 is 0 Å². The number of hydrazine groups is 1. The molecular formula is C12H23N7O. The van der Waals surface area contributed by atoms with Crippen molar-refractivity contribution in [1.82, 2.24) is 15.0 Å². The second-order valence-electron chi connectivity index (χ2n) is 5.80. The first-order chi connectivity index (χ1) is 9.54. The summed E-state index contributed by atoms with van der Waals surface area (Å²) in [5.74, 6) is 6.85. The van der Waals surface area contributed by atoms with Crippen LogP contribution in [0.25, 0.3) is 0 Å². The van der Waals surface area contributed by atoms with E-state index in [1.54, 1.807) is 0 Å². The van der Waals surface area contributed by atoms with Gasteiger partial charge in [-0.3, -0.25) is 5.43 Å². The van der Waals surface area contributed by atoms with Crippen LogP contribution in [-0.2, 0) is 0 Å². The van der Waals surface area contributed by atoms with Gasteiger partial charge in [-0.05, 0) is 12.8 Å². The molecule has 20 heavy (non-hydrogen) atoms. The fourth-order valence-corrected chi connectivity index (χ4v) is 1.94. The Morgan fingerprint density at radius 2 is 1.85 bits per heavy atom. The van der Waals surface area contributed by atoms with Crippen molar-refractivity contribution in [3.8, 4) is 0 Å². The maximum atomic E-state index is 9.27. The average Bonchev–Trinajstić information content (AvgIpc) is 2.99. The van der Waals surface area contributed by atoms with Crippen LogP contribution in [-0.4, -0.2) is 46.3 Å². The van der Waals surface area contributed by atoms with Gasteiger partial charge in [0.05, 0.1) is 0 Å². The molecule has 8 heteroatoms. The van der Waals surface area contributed by atoms with Gasteiger partial charge in [0.25, 0.3) is 0 Å². The largest absolute Gasteiger partial charge is 0.396 e. The smallest absolute Gasteiger partial charge is 0.243 e. The summed E-state index contributed by atoms with van der Waals surface area (Å²) in [5, 5.41) is 12.4. The first kappa shape index (κ1) is 14.7. The van der Waals surface area contributed by atoms with Crippen molar-refractivity contribution in [3.05, 3.63) is 0 Å². The van der Waals surface area contributed by atoms with Gasteiger partial charge >= 0.3 is 0 Å². The SMILES string of the molecule is CC(C)(CO)CNc1nc(NN)nc(N2CCCC2)n1. The number of hydrogen-bond acceptors (Lipinski definition) is 8. The molecule has 1 aromatic rings. The summed E-state index contributed by atoms with van der Waals surface area (Å²) < 4.78 is 0. The van der Waals surface area contributed by atoms with Gasteiger partial charge in [0.1, 0.15) is 0 Å². The minimum absolute atomic E-state index is 0.0893. The Bertz CT molecular complexity index is 445. The summed E-state index contributed by atoms with van der Waals surface area (Å²) >= 11 is 0. The summed E-state index contributed by atoms with van der Waals surface area (Å²) in [6, 6.07) is 0. The molecule has 1 aliphatic heterocycles. The lowest BCUT2D eigenvalue weighted by atomic mass is 9.95. The number of aliphatic hydroxyl groups excluding tert-OH is 1. The zero-order valence-corrected chi connectivity index (χ0v) is 12.1. The number of hydrogen-bond donors (Lipinski definition) is 4. The highest BCUT2D eigenvalue weighted by Crippen LogP contribution is 2.19. The number of nitrogen functional groups attached to an aromatic ring is 1. The number of aromatic nitrogens is 3. The van der Waals surface area contributed by atoms with Crippen molar-refractivity contribution in [2.24, 2.45) is 11.3 Å². The summed E-state index contributed by atoms with van der Waals surface area (Å²) in [6.45, 7) is 6.49. The molecule has 0 atom stereocenters. The predicted octanol–water partition coefficient (Wildman–Crippen LogP) is 0.188. The molecule has 2 heterocycles. The van der Waals surface area contributed by atoms with Gasteiger partial charge in [-0.25, -0.2) is 5.84 Å². The van der Waals surface area contributed by atoms with Crippen LogP contribution < -0.4 is 21.5 Å². The zero-order chi connectivity index (χ0) is 14.6. The lowest BCUT2D eigenvalue weighted by Crippen LogP contribution is -2.28. The molecule has 1 aromatic heterocycles. The van der Waals surface area contributed by atoms with E-state index >= 15 is 0 Å². The number of nitrogens with one attached hydrogen (secondary N) is 2. The van der Waals surface area contributed by atoms with Crippen molar-refractivity contribution in [1.29, 1.82) is 0 Å². The zero-order valence-electron chi connectivity index (χ0n) is 12.1. The third kappa shape index (κ3) is 3.67. The van der Waals surface area contributed by atoms with Crippen LogP contribution in [0.5, 0.6) is 0 Å². The van der Waals surface area contributed by atoms with Crippen LogP contribution in [0.15, 0.2) is 0 Å². The van der Waals surface area contributed by atoms with E-state index in [1.165, 1.54) is 0 Å². The molecule has 112 valence electrons. The molecule has 0 aromatic carbocycles. The van der Waals surface area contributed by atoms with Crippen molar-refractivity contribution in [3.63, 3.8) is 0 Å². The average molecular weight is 281 g/mol. The molecular weight excluding hydrogens is 258 g/mol. The molecule has 0 bridgehead atoms. The maximum Gasteiger partial charge on any atom is 0.243 e.